The Bertz CT molecular complexity index is 377. The molecule has 0 atom stereocenters. The predicted octanol–water partition coefficient (Wildman–Crippen LogP) is 3.55. The van der Waals surface area contributed by atoms with Gasteiger partial charge in [-0.05, 0) is 19.3 Å². The third kappa shape index (κ3) is 3.73. The maximum absolute atomic E-state index is 6.08. The van der Waals surface area contributed by atoms with Crippen molar-refractivity contribution >= 4 is 23.4 Å². The van der Waals surface area contributed by atoms with E-state index in [1.54, 1.807) is 6.20 Å². The standard InChI is InChI=1S/C13H21ClN4/c1-2-15-13-17-9-11(14)12(18-13)16-8-7-10-5-3-4-6-10/h9-10H,2-8H2,1H3,(H2,15,16,17,18). The first-order chi connectivity index (χ1) is 8.79. The van der Waals surface area contributed by atoms with Crippen LogP contribution in [0.3, 0.4) is 0 Å². The van der Waals surface area contributed by atoms with Crippen LogP contribution in [0.4, 0.5) is 11.8 Å². The number of nitrogens with one attached hydrogen (secondary N) is 2. The lowest BCUT2D eigenvalue weighted by Crippen LogP contribution is -2.10. The van der Waals surface area contributed by atoms with Gasteiger partial charge in [-0.3, -0.25) is 0 Å². The van der Waals surface area contributed by atoms with Crippen molar-refractivity contribution in [3.05, 3.63) is 11.2 Å². The van der Waals surface area contributed by atoms with Crippen LogP contribution in [0.2, 0.25) is 5.02 Å². The van der Waals surface area contributed by atoms with Crippen molar-refractivity contribution in [1.29, 1.82) is 0 Å². The van der Waals surface area contributed by atoms with E-state index < -0.39 is 0 Å². The van der Waals surface area contributed by atoms with Gasteiger partial charge in [-0.15, -0.1) is 0 Å². The number of nitrogens with zero attached hydrogens (tertiary/aromatic N) is 2. The molecule has 0 bridgehead atoms. The van der Waals surface area contributed by atoms with Crippen LogP contribution < -0.4 is 10.6 Å². The van der Waals surface area contributed by atoms with Gasteiger partial charge in [0.1, 0.15) is 10.8 Å². The average molecular weight is 269 g/mol. The third-order valence-corrected chi connectivity index (χ3v) is 3.68. The van der Waals surface area contributed by atoms with Crippen LogP contribution in [0, 0.1) is 5.92 Å². The van der Waals surface area contributed by atoms with Crippen molar-refractivity contribution in [1.82, 2.24) is 9.97 Å². The lowest BCUT2D eigenvalue weighted by molar-refractivity contribution is 0.518. The van der Waals surface area contributed by atoms with Crippen molar-refractivity contribution in [2.75, 3.05) is 23.7 Å². The first-order valence-electron chi connectivity index (χ1n) is 6.80. The van der Waals surface area contributed by atoms with Crippen molar-refractivity contribution < 1.29 is 0 Å². The highest BCUT2D eigenvalue weighted by molar-refractivity contribution is 6.32. The van der Waals surface area contributed by atoms with E-state index in [0.717, 1.165) is 24.8 Å². The molecule has 1 aliphatic rings. The van der Waals surface area contributed by atoms with Crippen LogP contribution in [0.5, 0.6) is 0 Å². The third-order valence-electron chi connectivity index (χ3n) is 3.40. The summed E-state index contributed by atoms with van der Waals surface area (Å²) < 4.78 is 0. The van der Waals surface area contributed by atoms with E-state index in [2.05, 4.69) is 20.6 Å². The summed E-state index contributed by atoms with van der Waals surface area (Å²) in [5.41, 5.74) is 0. The zero-order valence-corrected chi connectivity index (χ0v) is 11.6. The van der Waals surface area contributed by atoms with Crippen LogP contribution in [0.15, 0.2) is 6.20 Å². The van der Waals surface area contributed by atoms with Gasteiger partial charge in [0.15, 0.2) is 0 Å². The zero-order chi connectivity index (χ0) is 12.8. The van der Waals surface area contributed by atoms with Crippen molar-refractivity contribution in [3.63, 3.8) is 0 Å². The molecule has 18 heavy (non-hydrogen) atoms. The minimum Gasteiger partial charge on any atom is -0.369 e. The van der Waals surface area contributed by atoms with Gasteiger partial charge in [0, 0.05) is 13.1 Å². The number of anilines is 2. The summed E-state index contributed by atoms with van der Waals surface area (Å²) in [7, 11) is 0. The summed E-state index contributed by atoms with van der Waals surface area (Å²) in [6.07, 6.45) is 8.39. The molecule has 2 rings (SSSR count). The zero-order valence-electron chi connectivity index (χ0n) is 10.9. The number of rotatable bonds is 6. The first kappa shape index (κ1) is 13.4. The second kappa shape index (κ2) is 6.78. The summed E-state index contributed by atoms with van der Waals surface area (Å²) in [4.78, 5) is 8.48. The maximum atomic E-state index is 6.08. The Kier molecular flexibility index (Phi) is 5.05. The minimum atomic E-state index is 0.586. The highest BCUT2D eigenvalue weighted by Crippen LogP contribution is 2.27. The number of aromatic nitrogens is 2. The second-order valence-corrected chi connectivity index (χ2v) is 5.19. The predicted molar refractivity (Wildman–Crippen MR) is 76.3 cm³/mol. The number of hydrogen-bond donors (Lipinski definition) is 2. The van der Waals surface area contributed by atoms with Crippen LogP contribution in [0.25, 0.3) is 0 Å². The Morgan fingerprint density at radius 3 is 2.83 bits per heavy atom. The summed E-state index contributed by atoms with van der Waals surface area (Å²) in [6.45, 7) is 3.77. The van der Waals surface area contributed by atoms with E-state index in [0.29, 0.717) is 11.0 Å². The van der Waals surface area contributed by atoms with Gasteiger partial charge in [-0.1, -0.05) is 37.3 Å². The summed E-state index contributed by atoms with van der Waals surface area (Å²) in [6, 6.07) is 0. The van der Waals surface area contributed by atoms with E-state index in [9.17, 15) is 0 Å². The molecule has 0 spiro atoms. The van der Waals surface area contributed by atoms with Crippen LogP contribution in [-0.2, 0) is 0 Å². The van der Waals surface area contributed by atoms with Gasteiger partial charge in [0.25, 0.3) is 0 Å². The molecule has 1 saturated carbocycles. The van der Waals surface area contributed by atoms with E-state index in [4.69, 9.17) is 11.6 Å². The molecule has 0 saturated heterocycles. The smallest absolute Gasteiger partial charge is 0.224 e. The lowest BCUT2D eigenvalue weighted by atomic mass is 10.0. The molecule has 1 aromatic heterocycles. The number of halogens is 1. The molecule has 0 unspecified atom stereocenters. The maximum Gasteiger partial charge on any atom is 0.224 e. The summed E-state index contributed by atoms with van der Waals surface area (Å²) in [5.74, 6) is 2.25. The quantitative estimate of drug-likeness (QED) is 0.828. The summed E-state index contributed by atoms with van der Waals surface area (Å²) >= 11 is 6.08. The molecular formula is C13H21ClN4. The van der Waals surface area contributed by atoms with Gasteiger partial charge >= 0.3 is 0 Å². The van der Waals surface area contributed by atoms with Crippen LogP contribution >= 0.6 is 11.6 Å². The highest BCUT2D eigenvalue weighted by Gasteiger charge is 2.14. The lowest BCUT2D eigenvalue weighted by Gasteiger charge is -2.12. The SMILES string of the molecule is CCNc1ncc(Cl)c(NCCC2CCCC2)n1. The number of hydrogen-bond acceptors (Lipinski definition) is 4. The van der Waals surface area contributed by atoms with Crippen molar-refractivity contribution in [3.8, 4) is 0 Å². The Morgan fingerprint density at radius 2 is 2.11 bits per heavy atom. The molecule has 1 heterocycles. The molecule has 0 radical (unpaired) electrons. The van der Waals surface area contributed by atoms with E-state index >= 15 is 0 Å². The molecule has 4 nitrogen and oxygen atoms in total. The Balaban J connectivity index is 1.85. The van der Waals surface area contributed by atoms with Gasteiger partial charge < -0.3 is 10.6 Å². The highest BCUT2D eigenvalue weighted by atomic mass is 35.5. The molecule has 0 amide bonds. The van der Waals surface area contributed by atoms with Crippen molar-refractivity contribution in [2.24, 2.45) is 5.92 Å². The topological polar surface area (TPSA) is 49.8 Å². The van der Waals surface area contributed by atoms with Crippen LogP contribution in [-0.4, -0.2) is 23.1 Å². The van der Waals surface area contributed by atoms with E-state index in [-0.39, 0.29) is 0 Å². The summed E-state index contributed by atoms with van der Waals surface area (Å²) in [5, 5.41) is 6.99. The van der Waals surface area contributed by atoms with E-state index in [1.807, 2.05) is 6.92 Å². The molecule has 0 aliphatic heterocycles. The monoisotopic (exact) mass is 268 g/mol. The molecule has 1 fully saturated rings. The van der Waals surface area contributed by atoms with Gasteiger partial charge in [-0.25, -0.2) is 4.98 Å². The van der Waals surface area contributed by atoms with Crippen LogP contribution in [0.1, 0.15) is 39.0 Å². The molecule has 2 N–H and O–H groups in total. The van der Waals surface area contributed by atoms with Gasteiger partial charge in [-0.2, -0.15) is 4.98 Å². The molecule has 100 valence electrons. The first-order valence-corrected chi connectivity index (χ1v) is 7.17. The normalized spacial score (nSPS) is 15.9. The Morgan fingerprint density at radius 1 is 1.33 bits per heavy atom. The largest absolute Gasteiger partial charge is 0.369 e. The Hall–Kier alpha value is -1.03. The molecule has 1 aliphatic carbocycles. The molecule has 1 aromatic rings. The molecule has 5 heteroatoms. The van der Waals surface area contributed by atoms with Gasteiger partial charge in [0.05, 0.1) is 6.20 Å². The average Bonchev–Trinajstić information content (AvgIpc) is 2.86. The fraction of sp³-hybridized carbons (Fsp3) is 0.692. The van der Waals surface area contributed by atoms with Gasteiger partial charge in [0.2, 0.25) is 5.95 Å². The fourth-order valence-electron chi connectivity index (χ4n) is 2.43. The minimum absolute atomic E-state index is 0.586. The Labute approximate surface area is 114 Å². The molecular weight excluding hydrogens is 248 g/mol. The van der Waals surface area contributed by atoms with E-state index in [1.165, 1.54) is 32.1 Å². The van der Waals surface area contributed by atoms with Crippen molar-refractivity contribution in [2.45, 2.75) is 39.0 Å². The molecule has 0 aromatic carbocycles. The fourth-order valence-corrected chi connectivity index (χ4v) is 2.59. The second-order valence-electron chi connectivity index (χ2n) is 4.79.